The average molecular weight is 293 g/mol. The quantitative estimate of drug-likeness (QED) is 0.453. The molecule has 6 nitrogen and oxygen atoms in total. The van der Waals surface area contributed by atoms with Crippen LogP contribution in [0.3, 0.4) is 0 Å². The van der Waals surface area contributed by atoms with Gasteiger partial charge in [-0.05, 0) is 27.2 Å². The Morgan fingerprint density at radius 1 is 0.810 bits per heavy atom. The van der Waals surface area contributed by atoms with Gasteiger partial charge in [0, 0.05) is 6.42 Å². The fourth-order valence-corrected chi connectivity index (χ4v) is 1.74. The summed E-state index contributed by atoms with van der Waals surface area (Å²) in [4.78, 5) is 0. The second-order valence-corrected chi connectivity index (χ2v) is 4.81. The highest BCUT2D eigenvalue weighted by Crippen LogP contribution is 2.28. The van der Waals surface area contributed by atoms with E-state index in [2.05, 4.69) is 6.92 Å². The van der Waals surface area contributed by atoms with E-state index in [4.69, 9.17) is 30.0 Å². The molecule has 0 amide bonds. The minimum atomic E-state index is -1.55. The third kappa shape index (κ3) is 7.63. The van der Waals surface area contributed by atoms with Crippen molar-refractivity contribution in [1.29, 1.82) is 15.8 Å². The molecule has 0 bridgehead atoms. The number of rotatable bonds is 10. The van der Waals surface area contributed by atoms with E-state index in [0.29, 0.717) is 6.42 Å². The zero-order chi connectivity index (χ0) is 16.3. The molecule has 3 unspecified atom stereocenters. The Hall–Kier alpha value is -1.65. The molecule has 0 N–H and O–H groups in total. The van der Waals surface area contributed by atoms with Gasteiger partial charge in [0.1, 0.15) is 18.3 Å². The summed E-state index contributed by atoms with van der Waals surface area (Å²) < 4.78 is 16.7. The Morgan fingerprint density at radius 2 is 1.19 bits per heavy atom. The zero-order valence-corrected chi connectivity index (χ0v) is 13.1. The predicted molar refractivity (Wildman–Crippen MR) is 75.4 cm³/mol. The van der Waals surface area contributed by atoms with Gasteiger partial charge >= 0.3 is 0 Å². The summed E-state index contributed by atoms with van der Waals surface area (Å²) in [5, 5.41) is 26.8. The summed E-state index contributed by atoms with van der Waals surface area (Å²) in [5.41, 5.74) is 0. The van der Waals surface area contributed by atoms with Crippen LogP contribution in [-0.2, 0) is 14.2 Å². The smallest absolute Gasteiger partial charge is 0.286 e. The number of nitriles is 3. The molecule has 0 aliphatic heterocycles. The van der Waals surface area contributed by atoms with Crippen LogP contribution < -0.4 is 0 Å². The van der Waals surface area contributed by atoms with Crippen LogP contribution in [0, 0.1) is 34.0 Å². The molecule has 0 heterocycles. The minimum Gasteiger partial charge on any atom is -0.309 e. The standard InChI is InChI=1S/C15H23N3O3/c1-5-6-7-8-15(19-12(2)9-16,20-13(3)10-17)21-14(4)11-18/h12-14H,5-8H2,1-4H3. The Bertz CT molecular complexity index is 364. The van der Waals surface area contributed by atoms with Crippen molar-refractivity contribution in [1.82, 2.24) is 0 Å². The van der Waals surface area contributed by atoms with Gasteiger partial charge in [-0.2, -0.15) is 15.8 Å². The van der Waals surface area contributed by atoms with Crippen molar-refractivity contribution in [2.24, 2.45) is 0 Å². The lowest BCUT2D eigenvalue weighted by Gasteiger charge is -2.35. The highest BCUT2D eigenvalue weighted by Gasteiger charge is 2.39. The third-order valence-electron chi connectivity index (χ3n) is 2.70. The number of nitrogens with zero attached hydrogens (tertiary/aromatic N) is 3. The van der Waals surface area contributed by atoms with Gasteiger partial charge in [0.2, 0.25) is 0 Å². The van der Waals surface area contributed by atoms with E-state index in [-0.39, 0.29) is 0 Å². The van der Waals surface area contributed by atoms with Gasteiger partial charge in [0.05, 0.1) is 18.2 Å². The lowest BCUT2D eigenvalue weighted by Crippen LogP contribution is -2.45. The van der Waals surface area contributed by atoms with Crippen LogP contribution in [0.1, 0.15) is 53.4 Å². The Kier molecular flexibility index (Phi) is 9.34. The maximum atomic E-state index is 8.94. The first-order valence-corrected chi connectivity index (χ1v) is 7.15. The lowest BCUT2D eigenvalue weighted by molar-refractivity contribution is -0.402. The summed E-state index contributed by atoms with van der Waals surface area (Å²) in [6, 6.07) is 5.84. The summed E-state index contributed by atoms with van der Waals surface area (Å²) in [6.07, 6.45) is 0.692. The van der Waals surface area contributed by atoms with Crippen LogP contribution in [0.4, 0.5) is 0 Å². The van der Waals surface area contributed by atoms with E-state index < -0.39 is 24.3 Å². The molecule has 116 valence electrons. The molecular formula is C15H23N3O3. The van der Waals surface area contributed by atoms with Gasteiger partial charge in [-0.25, -0.2) is 0 Å². The van der Waals surface area contributed by atoms with Crippen molar-refractivity contribution < 1.29 is 14.2 Å². The average Bonchev–Trinajstić information content (AvgIpc) is 2.46. The van der Waals surface area contributed by atoms with Crippen molar-refractivity contribution in [2.75, 3.05) is 0 Å². The molecule has 3 atom stereocenters. The zero-order valence-electron chi connectivity index (χ0n) is 13.1. The molecule has 0 aliphatic rings. The normalized spacial score (nSPS) is 17.6. The summed E-state index contributed by atoms with van der Waals surface area (Å²) >= 11 is 0. The molecule has 0 saturated heterocycles. The van der Waals surface area contributed by atoms with Crippen molar-refractivity contribution in [3.05, 3.63) is 0 Å². The molecule has 0 fully saturated rings. The first-order chi connectivity index (χ1) is 9.92. The van der Waals surface area contributed by atoms with Gasteiger partial charge in [-0.15, -0.1) is 0 Å². The van der Waals surface area contributed by atoms with Crippen molar-refractivity contribution in [3.8, 4) is 18.2 Å². The minimum absolute atomic E-state index is 0.352. The van der Waals surface area contributed by atoms with Gasteiger partial charge in [-0.1, -0.05) is 19.8 Å². The van der Waals surface area contributed by atoms with E-state index in [9.17, 15) is 0 Å². The van der Waals surface area contributed by atoms with Crippen molar-refractivity contribution in [3.63, 3.8) is 0 Å². The summed E-state index contributed by atoms with van der Waals surface area (Å²) in [5.74, 6) is -1.55. The molecule has 0 aromatic carbocycles. The molecule has 0 aromatic heterocycles. The Balaban J connectivity index is 5.21. The molecule has 21 heavy (non-hydrogen) atoms. The molecular weight excluding hydrogens is 270 g/mol. The second-order valence-electron chi connectivity index (χ2n) is 4.81. The number of ether oxygens (including phenoxy) is 3. The van der Waals surface area contributed by atoms with Crippen LogP contribution in [0.15, 0.2) is 0 Å². The van der Waals surface area contributed by atoms with E-state index in [1.165, 1.54) is 0 Å². The Labute approximate surface area is 126 Å². The first kappa shape index (κ1) is 19.4. The van der Waals surface area contributed by atoms with Crippen molar-refractivity contribution in [2.45, 2.75) is 77.7 Å². The van der Waals surface area contributed by atoms with Gasteiger partial charge in [-0.3, -0.25) is 0 Å². The van der Waals surface area contributed by atoms with Crippen molar-refractivity contribution >= 4 is 0 Å². The maximum absolute atomic E-state index is 8.94. The molecule has 6 heteroatoms. The van der Waals surface area contributed by atoms with Crippen LogP contribution in [-0.4, -0.2) is 24.3 Å². The summed E-state index contributed by atoms with van der Waals surface area (Å²) in [6.45, 7) is 6.75. The molecule has 0 aliphatic carbocycles. The van der Waals surface area contributed by atoms with Gasteiger partial charge in [0.15, 0.2) is 0 Å². The highest BCUT2D eigenvalue weighted by atomic mass is 16.9. The lowest BCUT2D eigenvalue weighted by atomic mass is 10.1. The molecule has 0 aromatic rings. The molecule has 0 rings (SSSR count). The monoisotopic (exact) mass is 293 g/mol. The molecule has 0 radical (unpaired) electrons. The first-order valence-electron chi connectivity index (χ1n) is 7.15. The van der Waals surface area contributed by atoms with E-state index in [0.717, 1.165) is 19.3 Å². The fourth-order valence-electron chi connectivity index (χ4n) is 1.74. The summed E-state index contributed by atoms with van der Waals surface area (Å²) in [7, 11) is 0. The number of hydrogen-bond donors (Lipinski definition) is 0. The highest BCUT2D eigenvalue weighted by molar-refractivity contribution is 4.87. The van der Waals surface area contributed by atoms with Crippen LogP contribution in [0.5, 0.6) is 0 Å². The second kappa shape index (κ2) is 10.1. The molecule has 0 spiro atoms. The van der Waals surface area contributed by atoms with Crippen LogP contribution in [0.2, 0.25) is 0 Å². The largest absolute Gasteiger partial charge is 0.309 e. The van der Waals surface area contributed by atoms with Crippen LogP contribution >= 0.6 is 0 Å². The Morgan fingerprint density at radius 3 is 1.48 bits per heavy atom. The van der Waals surface area contributed by atoms with Gasteiger partial charge in [0.25, 0.3) is 5.97 Å². The number of unbranched alkanes of at least 4 members (excludes halogenated alkanes) is 2. The SMILES string of the molecule is CCCCCC(OC(C)C#N)(OC(C)C#N)OC(C)C#N. The topological polar surface area (TPSA) is 99.1 Å². The maximum Gasteiger partial charge on any atom is 0.286 e. The predicted octanol–water partition coefficient (Wildman–Crippen LogP) is 3.01. The van der Waals surface area contributed by atoms with Gasteiger partial charge < -0.3 is 14.2 Å². The van der Waals surface area contributed by atoms with E-state index in [1.807, 2.05) is 18.2 Å². The fraction of sp³-hybridized carbons (Fsp3) is 0.800. The number of hydrogen-bond acceptors (Lipinski definition) is 6. The van der Waals surface area contributed by atoms with Crippen LogP contribution in [0.25, 0.3) is 0 Å². The third-order valence-corrected chi connectivity index (χ3v) is 2.70. The molecule has 0 saturated carbocycles. The van der Waals surface area contributed by atoms with E-state index in [1.54, 1.807) is 20.8 Å². The van der Waals surface area contributed by atoms with E-state index >= 15 is 0 Å².